The Hall–Kier alpha value is 0.610. The molecule has 0 saturated carbocycles. The number of ether oxygens (including phenoxy) is 2. The Morgan fingerprint density at radius 1 is 1.40 bits per heavy atom. The van der Waals surface area contributed by atoms with Crippen molar-refractivity contribution in [1.82, 2.24) is 0 Å². The van der Waals surface area contributed by atoms with Gasteiger partial charge in [0.25, 0.3) is 0 Å². The number of halogens is 1. The Morgan fingerprint density at radius 2 is 2.10 bits per heavy atom. The summed E-state index contributed by atoms with van der Waals surface area (Å²) >= 11 is 2.25. The first-order valence-electron chi connectivity index (χ1n) is 3.27. The molecule has 1 rings (SSSR count). The van der Waals surface area contributed by atoms with Gasteiger partial charge in [-0.2, -0.15) is 0 Å². The summed E-state index contributed by atoms with van der Waals surface area (Å²) in [7, 11) is 0. The van der Waals surface area contributed by atoms with Crippen LogP contribution in [-0.2, 0) is 9.47 Å². The molecule has 0 aromatic rings. The van der Waals surface area contributed by atoms with Crippen LogP contribution in [0, 0.1) is 0 Å². The van der Waals surface area contributed by atoms with Crippen molar-refractivity contribution in [2.24, 2.45) is 0 Å². The van der Waals surface area contributed by atoms with Crippen LogP contribution >= 0.6 is 22.6 Å². The molecule has 0 unspecified atom stereocenters. The van der Waals surface area contributed by atoms with Gasteiger partial charge in [0.15, 0.2) is 0 Å². The molecular formula is C6H11IO3. The molecule has 0 aromatic carbocycles. The number of hydrogen-bond acceptors (Lipinski definition) is 3. The van der Waals surface area contributed by atoms with Gasteiger partial charge >= 0.3 is 0 Å². The third-order valence-electron chi connectivity index (χ3n) is 1.37. The molecule has 0 amide bonds. The first-order chi connectivity index (χ1) is 4.86. The van der Waals surface area contributed by atoms with E-state index >= 15 is 0 Å². The third kappa shape index (κ3) is 2.34. The highest BCUT2D eigenvalue weighted by molar-refractivity contribution is 14.1. The molecule has 1 saturated heterocycles. The summed E-state index contributed by atoms with van der Waals surface area (Å²) in [5.74, 6) is 0. The molecule has 2 atom stereocenters. The van der Waals surface area contributed by atoms with Crippen LogP contribution in [0.2, 0.25) is 0 Å². The second kappa shape index (κ2) is 4.48. The summed E-state index contributed by atoms with van der Waals surface area (Å²) in [6.45, 7) is 1.26. The molecule has 60 valence electrons. The third-order valence-corrected chi connectivity index (χ3v) is 2.35. The molecule has 1 aliphatic rings. The molecule has 0 aliphatic carbocycles. The Kier molecular flexibility index (Phi) is 3.90. The van der Waals surface area contributed by atoms with Gasteiger partial charge in [0, 0.05) is 4.43 Å². The van der Waals surface area contributed by atoms with Crippen LogP contribution in [0.1, 0.15) is 0 Å². The second-order valence-corrected chi connectivity index (χ2v) is 3.14. The Balaban J connectivity index is 2.25. The molecule has 1 fully saturated rings. The minimum absolute atomic E-state index is 0.0626. The van der Waals surface area contributed by atoms with Gasteiger partial charge in [-0.05, 0) is 0 Å². The molecule has 1 aliphatic heterocycles. The minimum Gasteiger partial charge on any atom is -0.394 e. The van der Waals surface area contributed by atoms with E-state index in [1.54, 1.807) is 0 Å². The Bertz CT molecular complexity index is 89.0. The van der Waals surface area contributed by atoms with Gasteiger partial charge in [-0.25, -0.2) is 0 Å². The summed E-state index contributed by atoms with van der Waals surface area (Å²) in [6, 6.07) is 0. The molecule has 3 nitrogen and oxygen atoms in total. The maximum Gasteiger partial charge on any atom is 0.104 e. The fourth-order valence-electron chi connectivity index (χ4n) is 0.858. The highest BCUT2D eigenvalue weighted by atomic mass is 127. The van der Waals surface area contributed by atoms with Crippen LogP contribution in [0.3, 0.4) is 0 Å². The van der Waals surface area contributed by atoms with E-state index in [-0.39, 0.29) is 18.8 Å². The zero-order chi connectivity index (χ0) is 7.40. The van der Waals surface area contributed by atoms with Gasteiger partial charge in [0.2, 0.25) is 0 Å². The van der Waals surface area contributed by atoms with E-state index in [1.165, 1.54) is 0 Å². The van der Waals surface area contributed by atoms with E-state index in [4.69, 9.17) is 14.6 Å². The molecule has 4 heteroatoms. The normalized spacial score (nSPS) is 34.2. The van der Waals surface area contributed by atoms with Crippen molar-refractivity contribution >= 4 is 22.6 Å². The molecule has 1 N–H and O–H groups in total. The van der Waals surface area contributed by atoms with Crippen LogP contribution in [0.4, 0.5) is 0 Å². The highest BCUT2D eigenvalue weighted by Gasteiger charge is 2.20. The van der Waals surface area contributed by atoms with Crippen molar-refractivity contribution in [2.75, 3.05) is 24.2 Å². The standard InChI is InChI=1S/C6H11IO3/c7-1-5-3-9-4-6(2-8)10-5/h5-6,8H,1-4H2/t5-,6-/m1/s1. The maximum atomic E-state index is 8.70. The minimum atomic E-state index is -0.103. The van der Waals surface area contributed by atoms with Crippen molar-refractivity contribution in [3.63, 3.8) is 0 Å². The van der Waals surface area contributed by atoms with E-state index in [9.17, 15) is 0 Å². The van der Waals surface area contributed by atoms with Crippen LogP contribution in [0.15, 0.2) is 0 Å². The van der Waals surface area contributed by atoms with E-state index in [2.05, 4.69) is 22.6 Å². The quantitative estimate of drug-likeness (QED) is 0.568. The molecule has 0 radical (unpaired) electrons. The molecule has 10 heavy (non-hydrogen) atoms. The van der Waals surface area contributed by atoms with Crippen molar-refractivity contribution in [3.8, 4) is 0 Å². The van der Waals surface area contributed by atoms with Crippen LogP contribution < -0.4 is 0 Å². The van der Waals surface area contributed by atoms with Crippen molar-refractivity contribution in [1.29, 1.82) is 0 Å². The summed E-state index contributed by atoms with van der Waals surface area (Å²) in [4.78, 5) is 0. The molecule has 0 aromatic heterocycles. The fourth-order valence-corrected chi connectivity index (χ4v) is 1.32. The molecule has 0 bridgehead atoms. The molecule has 0 spiro atoms. The van der Waals surface area contributed by atoms with Gasteiger partial charge in [-0.1, -0.05) is 22.6 Å². The number of aliphatic hydroxyl groups is 1. The second-order valence-electron chi connectivity index (χ2n) is 2.25. The highest BCUT2D eigenvalue weighted by Crippen LogP contribution is 2.09. The first kappa shape index (κ1) is 8.70. The summed E-state index contributed by atoms with van der Waals surface area (Å²) < 4.78 is 11.5. The number of alkyl halides is 1. The summed E-state index contributed by atoms with van der Waals surface area (Å²) in [6.07, 6.45) is 0.0695. The zero-order valence-electron chi connectivity index (χ0n) is 5.62. The van der Waals surface area contributed by atoms with Crippen LogP contribution in [0.5, 0.6) is 0 Å². The van der Waals surface area contributed by atoms with Crippen molar-refractivity contribution in [2.45, 2.75) is 12.2 Å². The van der Waals surface area contributed by atoms with Gasteiger partial charge < -0.3 is 14.6 Å². The largest absolute Gasteiger partial charge is 0.394 e. The van der Waals surface area contributed by atoms with Gasteiger partial charge in [-0.3, -0.25) is 0 Å². The lowest BCUT2D eigenvalue weighted by Crippen LogP contribution is -2.38. The van der Waals surface area contributed by atoms with Crippen LogP contribution in [-0.4, -0.2) is 41.6 Å². The predicted octanol–water partition coefficient (Wildman–Crippen LogP) is 0.198. The van der Waals surface area contributed by atoms with E-state index < -0.39 is 0 Å². The lowest BCUT2D eigenvalue weighted by molar-refractivity contribution is -0.140. The lowest BCUT2D eigenvalue weighted by atomic mass is 10.3. The number of hydrogen-bond donors (Lipinski definition) is 1. The maximum absolute atomic E-state index is 8.70. The molecular weight excluding hydrogens is 247 g/mol. The Labute approximate surface area is 73.8 Å². The van der Waals surface area contributed by atoms with Crippen LogP contribution in [0.25, 0.3) is 0 Å². The average molecular weight is 258 g/mol. The number of rotatable bonds is 2. The predicted molar refractivity (Wildman–Crippen MR) is 45.5 cm³/mol. The average Bonchev–Trinajstić information content (AvgIpc) is 2.05. The summed E-state index contributed by atoms with van der Waals surface area (Å²) in [5.41, 5.74) is 0. The fraction of sp³-hybridized carbons (Fsp3) is 1.00. The lowest BCUT2D eigenvalue weighted by Gasteiger charge is -2.27. The van der Waals surface area contributed by atoms with E-state index in [1.807, 2.05) is 0 Å². The number of aliphatic hydroxyl groups excluding tert-OH is 1. The smallest absolute Gasteiger partial charge is 0.104 e. The Morgan fingerprint density at radius 3 is 2.70 bits per heavy atom. The van der Waals surface area contributed by atoms with Gasteiger partial charge in [0.1, 0.15) is 6.10 Å². The zero-order valence-corrected chi connectivity index (χ0v) is 7.78. The van der Waals surface area contributed by atoms with E-state index in [0.717, 1.165) is 4.43 Å². The monoisotopic (exact) mass is 258 g/mol. The van der Waals surface area contributed by atoms with Crippen molar-refractivity contribution in [3.05, 3.63) is 0 Å². The van der Waals surface area contributed by atoms with Gasteiger partial charge in [-0.15, -0.1) is 0 Å². The molecule has 1 heterocycles. The van der Waals surface area contributed by atoms with Crippen molar-refractivity contribution < 1.29 is 14.6 Å². The summed E-state index contributed by atoms with van der Waals surface area (Å²) in [5, 5.41) is 8.70. The first-order valence-corrected chi connectivity index (χ1v) is 4.79. The van der Waals surface area contributed by atoms with E-state index in [0.29, 0.717) is 13.2 Å². The van der Waals surface area contributed by atoms with Gasteiger partial charge in [0.05, 0.1) is 25.9 Å². The SMILES string of the molecule is OC[C@@H]1COC[C@@H](CI)O1. The topological polar surface area (TPSA) is 38.7 Å².